The van der Waals surface area contributed by atoms with Crippen LogP contribution in [0.3, 0.4) is 0 Å². The van der Waals surface area contributed by atoms with E-state index in [1.54, 1.807) is 6.92 Å². The third-order valence-electron chi connectivity index (χ3n) is 1.45. The molecule has 1 rings (SSSR count). The fraction of sp³-hybridized carbons (Fsp3) is 0.375. The van der Waals surface area contributed by atoms with E-state index in [9.17, 15) is 4.79 Å². The van der Waals surface area contributed by atoms with E-state index >= 15 is 0 Å². The lowest BCUT2D eigenvalue weighted by Gasteiger charge is -2.06. The smallest absolute Gasteiger partial charge is 0.325 e. The minimum atomic E-state index is -0.331. The molecule has 1 aromatic rings. The van der Waals surface area contributed by atoms with Crippen molar-refractivity contribution in [2.45, 2.75) is 6.92 Å². The predicted molar refractivity (Wildman–Crippen MR) is 64.9 cm³/mol. The summed E-state index contributed by atoms with van der Waals surface area (Å²) >= 11 is 7.78. The molecule has 0 saturated carbocycles. The Morgan fingerprint density at radius 3 is 3.07 bits per heavy atom. The van der Waals surface area contributed by atoms with E-state index in [0.717, 1.165) is 0 Å². The van der Waals surface area contributed by atoms with Crippen LogP contribution in [0, 0.1) is 3.57 Å². The first-order chi connectivity index (χ1) is 7.15. The third kappa shape index (κ3) is 3.78. The predicted octanol–water partition coefficient (Wildman–Crippen LogP) is 1.71. The van der Waals surface area contributed by atoms with Crippen LogP contribution in [0.5, 0.6) is 0 Å². The van der Waals surface area contributed by atoms with Crippen molar-refractivity contribution in [2.75, 3.05) is 18.5 Å². The Bertz CT molecular complexity index is 362. The highest BCUT2D eigenvalue weighted by molar-refractivity contribution is 14.1. The molecule has 0 spiro atoms. The van der Waals surface area contributed by atoms with E-state index in [2.05, 4.69) is 15.3 Å². The first kappa shape index (κ1) is 12.4. The van der Waals surface area contributed by atoms with E-state index in [0.29, 0.717) is 21.1 Å². The first-order valence-electron chi connectivity index (χ1n) is 4.20. The van der Waals surface area contributed by atoms with Crippen LogP contribution in [-0.2, 0) is 9.53 Å². The number of nitrogens with one attached hydrogen (secondary N) is 1. The molecule has 0 atom stereocenters. The van der Waals surface area contributed by atoms with Gasteiger partial charge in [-0.15, -0.1) is 0 Å². The van der Waals surface area contributed by atoms with Gasteiger partial charge in [-0.1, -0.05) is 11.6 Å². The fourth-order valence-electron chi connectivity index (χ4n) is 0.839. The molecule has 1 N–H and O–H groups in total. The van der Waals surface area contributed by atoms with Crippen molar-refractivity contribution in [1.82, 2.24) is 9.97 Å². The zero-order chi connectivity index (χ0) is 11.3. The largest absolute Gasteiger partial charge is 0.465 e. The fourth-order valence-corrected chi connectivity index (χ4v) is 1.44. The third-order valence-corrected chi connectivity index (χ3v) is 3.08. The van der Waals surface area contributed by atoms with Gasteiger partial charge in [0, 0.05) is 0 Å². The highest BCUT2D eigenvalue weighted by Crippen LogP contribution is 2.21. The molecule has 0 saturated heterocycles. The zero-order valence-electron chi connectivity index (χ0n) is 7.96. The Balaban J connectivity index is 2.58. The second kappa shape index (κ2) is 6.06. The molecule has 15 heavy (non-hydrogen) atoms. The summed E-state index contributed by atoms with van der Waals surface area (Å²) in [5.74, 6) is 0.201. The molecule has 0 fully saturated rings. The number of carbonyl (C=O) groups excluding carboxylic acids is 1. The van der Waals surface area contributed by atoms with Gasteiger partial charge in [-0.05, 0) is 29.5 Å². The van der Waals surface area contributed by atoms with E-state index in [-0.39, 0.29) is 12.5 Å². The lowest BCUT2D eigenvalue weighted by molar-refractivity contribution is -0.140. The topological polar surface area (TPSA) is 64.1 Å². The van der Waals surface area contributed by atoms with Crippen LogP contribution in [-0.4, -0.2) is 29.1 Å². The van der Waals surface area contributed by atoms with Crippen LogP contribution < -0.4 is 5.32 Å². The summed E-state index contributed by atoms with van der Waals surface area (Å²) in [5.41, 5.74) is 0. The molecule has 0 aliphatic carbocycles. The molecule has 0 aliphatic heterocycles. The minimum absolute atomic E-state index is 0.0667. The van der Waals surface area contributed by atoms with Crippen LogP contribution in [0.15, 0.2) is 6.33 Å². The number of hydrogen-bond acceptors (Lipinski definition) is 5. The summed E-state index contributed by atoms with van der Waals surface area (Å²) < 4.78 is 5.43. The monoisotopic (exact) mass is 341 g/mol. The number of hydrogen-bond donors (Lipinski definition) is 1. The second-order valence-electron chi connectivity index (χ2n) is 2.49. The standard InChI is InChI=1S/C8H9ClIN3O2/c1-2-15-5(14)3-11-8-6(10)7(9)12-4-13-8/h4H,2-3H2,1H3,(H,11,12,13). The van der Waals surface area contributed by atoms with Gasteiger partial charge in [0.25, 0.3) is 0 Å². The highest BCUT2D eigenvalue weighted by Gasteiger charge is 2.08. The second-order valence-corrected chi connectivity index (χ2v) is 3.92. The van der Waals surface area contributed by atoms with Crippen molar-refractivity contribution in [3.05, 3.63) is 15.1 Å². The van der Waals surface area contributed by atoms with Crippen LogP contribution in [0.2, 0.25) is 5.15 Å². The van der Waals surface area contributed by atoms with Gasteiger partial charge in [-0.3, -0.25) is 4.79 Å². The summed E-state index contributed by atoms with van der Waals surface area (Å²) in [6, 6.07) is 0. The van der Waals surface area contributed by atoms with Crippen molar-refractivity contribution >= 4 is 46.0 Å². The molecule has 1 heterocycles. The number of ether oxygens (including phenoxy) is 1. The van der Waals surface area contributed by atoms with Crippen molar-refractivity contribution in [3.63, 3.8) is 0 Å². The number of nitrogens with zero attached hydrogens (tertiary/aromatic N) is 2. The normalized spacial score (nSPS) is 9.80. The van der Waals surface area contributed by atoms with Gasteiger partial charge in [0.15, 0.2) is 0 Å². The van der Waals surface area contributed by atoms with Gasteiger partial charge < -0.3 is 10.1 Å². The van der Waals surface area contributed by atoms with Gasteiger partial charge >= 0.3 is 5.97 Å². The highest BCUT2D eigenvalue weighted by atomic mass is 127. The van der Waals surface area contributed by atoms with Gasteiger partial charge in [0.05, 0.1) is 10.2 Å². The molecule has 0 aliphatic rings. The minimum Gasteiger partial charge on any atom is -0.465 e. The maximum Gasteiger partial charge on any atom is 0.325 e. The van der Waals surface area contributed by atoms with Gasteiger partial charge in [0.2, 0.25) is 0 Å². The first-order valence-corrected chi connectivity index (χ1v) is 5.66. The van der Waals surface area contributed by atoms with Gasteiger partial charge in [-0.25, -0.2) is 9.97 Å². The molecule has 0 amide bonds. The molecule has 0 radical (unpaired) electrons. The van der Waals surface area contributed by atoms with Crippen molar-refractivity contribution in [1.29, 1.82) is 0 Å². The quantitative estimate of drug-likeness (QED) is 0.513. The summed E-state index contributed by atoms with van der Waals surface area (Å²) in [7, 11) is 0. The van der Waals surface area contributed by atoms with Crippen LogP contribution in [0.25, 0.3) is 0 Å². The molecule has 1 aromatic heterocycles. The Labute approximate surface area is 106 Å². The lowest BCUT2D eigenvalue weighted by Crippen LogP contribution is -2.18. The van der Waals surface area contributed by atoms with E-state index in [4.69, 9.17) is 16.3 Å². The van der Waals surface area contributed by atoms with Crippen molar-refractivity contribution in [2.24, 2.45) is 0 Å². The van der Waals surface area contributed by atoms with Crippen LogP contribution >= 0.6 is 34.2 Å². The molecule has 82 valence electrons. The van der Waals surface area contributed by atoms with Crippen LogP contribution in [0.4, 0.5) is 5.82 Å². The average Bonchev–Trinajstić information content (AvgIpc) is 2.21. The Morgan fingerprint density at radius 2 is 2.40 bits per heavy atom. The summed E-state index contributed by atoms with van der Waals surface area (Å²) in [6.45, 7) is 2.18. The summed E-state index contributed by atoms with van der Waals surface area (Å²) in [4.78, 5) is 18.8. The summed E-state index contributed by atoms with van der Waals surface area (Å²) in [5, 5.41) is 3.18. The number of esters is 1. The SMILES string of the molecule is CCOC(=O)CNc1ncnc(Cl)c1I. The average molecular weight is 342 g/mol. The van der Waals surface area contributed by atoms with E-state index in [1.807, 2.05) is 22.6 Å². The molecule has 5 nitrogen and oxygen atoms in total. The molecular formula is C8H9ClIN3O2. The maximum atomic E-state index is 11.0. The lowest BCUT2D eigenvalue weighted by atomic mass is 10.5. The maximum absolute atomic E-state index is 11.0. The van der Waals surface area contributed by atoms with E-state index in [1.165, 1.54) is 6.33 Å². The van der Waals surface area contributed by atoms with Gasteiger partial charge in [-0.2, -0.15) is 0 Å². The zero-order valence-corrected chi connectivity index (χ0v) is 10.9. The molecule has 0 unspecified atom stereocenters. The Kier molecular flexibility index (Phi) is 5.03. The number of halogens is 2. The molecule has 0 bridgehead atoms. The molecule has 0 aromatic carbocycles. The summed E-state index contributed by atoms with van der Waals surface area (Å²) in [6.07, 6.45) is 1.33. The molecular weight excluding hydrogens is 332 g/mol. The van der Waals surface area contributed by atoms with Crippen molar-refractivity contribution < 1.29 is 9.53 Å². The number of anilines is 1. The number of carbonyl (C=O) groups is 1. The molecule has 7 heteroatoms. The Morgan fingerprint density at radius 1 is 1.67 bits per heavy atom. The van der Waals surface area contributed by atoms with Crippen molar-refractivity contribution in [3.8, 4) is 0 Å². The number of aromatic nitrogens is 2. The van der Waals surface area contributed by atoms with E-state index < -0.39 is 0 Å². The Hall–Kier alpha value is -0.630. The van der Waals surface area contributed by atoms with Crippen LogP contribution in [0.1, 0.15) is 6.92 Å². The number of rotatable bonds is 4. The van der Waals surface area contributed by atoms with Gasteiger partial charge in [0.1, 0.15) is 23.8 Å².